The Bertz CT molecular complexity index is 737. The molecule has 1 atom stereocenters. The van der Waals surface area contributed by atoms with Crippen molar-refractivity contribution in [2.45, 2.75) is 38.6 Å². The largest absolute Gasteiger partial charge is 0.372 e. The summed E-state index contributed by atoms with van der Waals surface area (Å²) in [7, 11) is 1.87. The van der Waals surface area contributed by atoms with Gasteiger partial charge in [-0.1, -0.05) is 18.5 Å². The van der Waals surface area contributed by atoms with Gasteiger partial charge in [-0.2, -0.15) is 5.10 Å². The minimum Gasteiger partial charge on any atom is -0.372 e. The van der Waals surface area contributed by atoms with E-state index in [-0.39, 0.29) is 11.9 Å². The normalized spacial score (nSPS) is 15.9. The molecule has 1 unspecified atom stereocenters. The highest BCUT2D eigenvalue weighted by atomic mass is 35.5. The fourth-order valence-corrected chi connectivity index (χ4v) is 3.52. The molecule has 1 aliphatic rings. The first-order valence-corrected chi connectivity index (χ1v) is 9.30. The van der Waals surface area contributed by atoms with Crippen LogP contribution in [0.15, 0.2) is 30.6 Å². The summed E-state index contributed by atoms with van der Waals surface area (Å²) in [6.07, 6.45) is 8.19. The number of nitrogens with zero attached hydrogens (tertiary/aromatic N) is 3. The Balaban J connectivity index is 1.78. The van der Waals surface area contributed by atoms with Crippen LogP contribution in [0.1, 0.15) is 54.6 Å². The van der Waals surface area contributed by atoms with E-state index >= 15 is 0 Å². The van der Waals surface area contributed by atoms with E-state index in [0.29, 0.717) is 10.6 Å². The molecule has 1 aliphatic heterocycles. The third-order valence-corrected chi connectivity index (χ3v) is 5.09. The number of benzene rings is 1. The van der Waals surface area contributed by atoms with Crippen molar-refractivity contribution < 1.29 is 4.79 Å². The Hall–Kier alpha value is -2.01. The van der Waals surface area contributed by atoms with Gasteiger partial charge in [0.2, 0.25) is 0 Å². The van der Waals surface area contributed by atoms with Crippen LogP contribution >= 0.6 is 11.6 Å². The van der Waals surface area contributed by atoms with E-state index < -0.39 is 0 Å². The fourth-order valence-electron chi connectivity index (χ4n) is 3.31. The first kappa shape index (κ1) is 17.8. The number of carbonyl (C=O) groups excluding carboxylic acids is 1. The summed E-state index contributed by atoms with van der Waals surface area (Å²) in [5.74, 6) is -0.139. The number of piperidine rings is 1. The molecule has 1 aromatic carbocycles. The number of carbonyl (C=O) groups is 1. The molecule has 0 bridgehead atoms. The van der Waals surface area contributed by atoms with Crippen LogP contribution in [-0.4, -0.2) is 28.8 Å². The smallest absolute Gasteiger partial charge is 0.253 e. The van der Waals surface area contributed by atoms with Crippen molar-refractivity contribution in [3.63, 3.8) is 0 Å². The van der Waals surface area contributed by atoms with Crippen LogP contribution in [0.2, 0.25) is 5.02 Å². The number of hydrogen-bond donors (Lipinski definition) is 1. The van der Waals surface area contributed by atoms with Crippen LogP contribution in [-0.2, 0) is 7.05 Å². The average Bonchev–Trinajstić information content (AvgIpc) is 3.07. The van der Waals surface area contributed by atoms with Gasteiger partial charge in [-0.25, -0.2) is 0 Å². The fraction of sp³-hybridized carbons (Fsp3) is 0.474. The zero-order chi connectivity index (χ0) is 17.8. The SMILES string of the molecule is CCC(NC(=O)c1cc(N2CCCCC2)ccc1Cl)c1cnn(C)c1. The molecule has 134 valence electrons. The molecule has 6 heteroatoms. The molecule has 1 saturated heterocycles. The Kier molecular flexibility index (Phi) is 5.63. The monoisotopic (exact) mass is 360 g/mol. The molecule has 0 spiro atoms. The second-order valence-corrected chi connectivity index (χ2v) is 7.00. The number of aryl methyl sites for hydroxylation is 1. The molecule has 2 heterocycles. The van der Waals surface area contributed by atoms with Crippen molar-refractivity contribution in [1.82, 2.24) is 15.1 Å². The summed E-state index contributed by atoms with van der Waals surface area (Å²) in [4.78, 5) is 15.1. The number of aromatic nitrogens is 2. The topological polar surface area (TPSA) is 50.2 Å². The number of rotatable bonds is 5. The van der Waals surface area contributed by atoms with Gasteiger partial charge in [-0.15, -0.1) is 0 Å². The minimum absolute atomic E-state index is 0.0732. The summed E-state index contributed by atoms with van der Waals surface area (Å²) in [6.45, 7) is 4.12. The lowest BCUT2D eigenvalue weighted by molar-refractivity contribution is 0.0935. The summed E-state index contributed by atoms with van der Waals surface area (Å²) >= 11 is 6.31. The molecule has 25 heavy (non-hydrogen) atoms. The van der Waals surface area contributed by atoms with Crippen molar-refractivity contribution in [3.05, 3.63) is 46.7 Å². The van der Waals surface area contributed by atoms with Crippen LogP contribution in [0.25, 0.3) is 0 Å². The van der Waals surface area contributed by atoms with Crippen LogP contribution in [0, 0.1) is 0 Å². The number of nitrogens with one attached hydrogen (secondary N) is 1. The van der Waals surface area contributed by atoms with E-state index in [4.69, 9.17) is 11.6 Å². The molecular weight excluding hydrogens is 336 g/mol. The van der Waals surface area contributed by atoms with E-state index in [1.165, 1.54) is 19.3 Å². The highest BCUT2D eigenvalue weighted by Crippen LogP contribution is 2.26. The molecule has 2 aromatic rings. The molecule has 5 nitrogen and oxygen atoms in total. The van der Waals surface area contributed by atoms with Gasteiger partial charge in [-0.3, -0.25) is 9.48 Å². The predicted octanol–water partition coefficient (Wildman–Crippen LogP) is 3.94. The number of hydrogen-bond acceptors (Lipinski definition) is 3. The number of anilines is 1. The Morgan fingerprint density at radius 2 is 2.08 bits per heavy atom. The Morgan fingerprint density at radius 1 is 1.32 bits per heavy atom. The number of amides is 1. The standard InChI is InChI=1S/C19H25ClN4O/c1-3-18(14-12-21-23(2)13-14)22-19(25)16-11-15(7-8-17(16)20)24-9-5-4-6-10-24/h7-8,11-13,18H,3-6,9-10H2,1-2H3,(H,22,25). The highest BCUT2D eigenvalue weighted by molar-refractivity contribution is 6.34. The molecule has 1 aromatic heterocycles. The third-order valence-electron chi connectivity index (χ3n) is 4.76. The van der Waals surface area contributed by atoms with Crippen LogP contribution in [0.4, 0.5) is 5.69 Å². The molecule has 0 aliphatic carbocycles. The lowest BCUT2D eigenvalue weighted by atomic mass is 10.1. The van der Waals surface area contributed by atoms with Crippen LogP contribution in [0.5, 0.6) is 0 Å². The second-order valence-electron chi connectivity index (χ2n) is 6.59. The van der Waals surface area contributed by atoms with E-state index in [1.54, 1.807) is 10.9 Å². The van der Waals surface area contributed by atoms with Gasteiger partial charge in [0.15, 0.2) is 0 Å². The first-order valence-electron chi connectivity index (χ1n) is 8.92. The maximum Gasteiger partial charge on any atom is 0.253 e. The highest BCUT2D eigenvalue weighted by Gasteiger charge is 2.19. The zero-order valence-electron chi connectivity index (χ0n) is 14.8. The second kappa shape index (κ2) is 7.91. The Morgan fingerprint density at radius 3 is 2.72 bits per heavy atom. The van der Waals surface area contributed by atoms with E-state index in [1.807, 2.05) is 38.4 Å². The van der Waals surface area contributed by atoms with Gasteiger partial charge in [-0.05, 0) is 43.9 Å². The van der Waals surface area contributed by atoms with Gasteiger partial charge in [0.25, 0.3) is 5.91 Å². The van der Waals surface area contributed by atoms with Gasteiger partial charge < -0.3 is 10.2 Å². The quantitative estimate of drug-likeness (QED) is 0.878. The summed E-state index contributed by atoms with van der Waals surface area (Å²) in [5.41, 5.74) is 2.61. The van der Waals surface area contributed by atoms with Gasteiger partial charge >= 0.3 is 0 Å². The van der Waals surface area contributed by atoms with Crippen molar-refractivity contribution in [2.24, 2.45) is 7.05 Å². The lowest BCUT2D eigenvalue weighted by Crippen LogP contribution is -2.31. The minimum atomic E-state index is -0.139. The zero-order valence-corrected chi connectivity index (χ0v) is 15.6. The molecule has 0 radical (unpaired) electrons. The molecular formula is C19H25ClN4O. The summed E-state index contributed by atoms with van der Waals surface area (Å²) in [5, 5.41) is 7.76. The predicted molar refractivity (Wildman–Crippen MR) is 101 cm³/mol. The van der Waals surface area contributed by atoms with Gasteiger partial charge in [0.05, 0.1) is 22.8 Å². The molecule has 3 rings (SSSR count). The van der Waals surface area contributed by atoms with E-state index in [2.05, 4.69) is 15.3 Å². The van der Waals surface area contributed by atoms with Crippen molar-refractivity contribution in [3.8, 4) is 0 Å². The van der Waals surface area contributed by atoms with E-state index in [9.17, 15) is 4.79 Å². The summed E-state index contributed by atoms with van der Waals surface area (Å²) < 4.78 is 1.74. The maximum atomic E-state index is 12.8. The lowest BCUT2D eigenvalue weighted by Gasteiger charge is -2.29. The van der Waals surface area contributed by atoms with Crippen molar-refractivity contribution in [2.75, 3.05) is 18.0 Å². The average molecular weight is 361 g/mol. The molecule has 1 fully saturated rings. The van der Waals surface area contributed by atoms with Crippen LogP contribution < -0.4 is 10.2 Å². The molecule has 0 saturated carbocycles. The maximum absolute atomic E-state index is 12.8. The van der Waals surface area contributed by atoms with Crippen LogP contribution in [0.3, 0.4) is 0 Å². The molecule has 1 amide bonds. The first-order chi connectivity index (χ1) is 12.1. The Labute approximate surface area is 154 Å². The van der Waals surface area contributed by atoms with Gasteiger partial charge in [0.1, 0.15) is 0 Å². The third kappa shape index (κ3) is 4.15. The van der Waals surface area contributed by atoms with E-state index in [0.717, 1.165) is 30.8 Å². The summed E-state index contributed by atoms with van der Waals surface area (Å²) in [6, 6.07) is 5.67. The van der Waals surface area contributed by atoms with Crippen molar-refractivity contribution >= 4 is 23.2 Å². The number of halogens is 1. The molecule has 1 N–H and O–H groups in total. The van der Waals surface area contributed by atoms with Crippen molar-refractivity contribution in [1.29, 1.82) is 0 Å². The van der Waals surface area contributed by atoms with Gasteiger partial charge in [0, 0.05) is 37.6 Å².